The molecule has 3 N–H and O–H groups in total. The molecule has 0 aliphatic rings. The van der Waals surface area contributed by atoms with Crippen LogP contribution >= 0.6 is 0 Å². The molecule has 5 nitrogen and oxygen atoms in total. The topological polar surface area (TPSA) is 78.4 Å². The van der Waals surface area contributed by atoms with Gasteiger partial charge in [0.25, 0.3) is 0 Å². The van der Waals surface area contributed by atoms with Crippen molar-refractivity contribution < 1.29 is 14.7 Å². The molecule has 0 aromatic carbocycles. The van der Waals surface area contributed by atoms with E-state index in [9.17, 15) is 9.59 Å². The highest BCUT2D eigenvalue weighted by atomic mass is 16.4. The molecule has 0 aromatic heterocycles. The Morgan fingerprint density at radius 2 is 1.55 bits per heavy atom. The summed E-state index contributed by atoms with van der Waals surface area (Å²) in [6.45, 7) is 10.3. The van der Waals surface area contributed by atoms with Gasteiger partial charge in [0.2, 0.25) is 0 Å². The molecule has 0 spiro atoms. The summed E-state index contributed by atoms with van der Waals surface area (Å²) in [5, 5.41) is 14.4. The molecule has 0 saturated carbocycles. The Balaban J connectivity index is 4.01. The van der Waals surface area contributed by atoms with Crippen LogP contribution in [-0.2, 0) is 4.79 Å². The molecule has 0 saturated heterocycles. The third-order valence-corrected chi connectivity index (χ3v) is 3.45. The van der Waals surface area contributed by atoms with Crippen LogP contribution in [0.15, 0.2) is 0 Å². The lowest BCUT2D eigenvalue weighted by Crippen LogP contribution is -2.45. The first-order valence-corrected chi connectivity index (χ1v) is 7.36. The third-order valence-electron chi connectivity index (χ3n) is 3.45. The fourth-order valence-corrected chi connectivity index (χ4v) is 1.70. The largest absolute Gasteiger partial charge is 0.481 e. The van der Waals surface area contributed by atoms with Gasteiger partial charge in [-0.3, -0.25) is 4.79 Å². The van der Waals surface area contributed by atoms with Crippen molar-refractivity contribution in [2.75, 3.05) is 13.1 Å². The number of nitrogens with one attached hydrogen (secondary N) is 2. The minimum absolute atomic E-state index is 0.0643. The molecule has 2 amide bonds. The molecule has 0 aromatic rings. The van der Waals surface area contributed by atoms with Crippen molar-refractivity contribution in [1.29, 1.82) is 0 Å². The standard InChI is InChI=1S/C15H30N2O3/c1-6-7-8-9-14(2,3)10-16-13(20)17-11-15(4,5)12(18)19/h6-11H2,1-5H3,(H,18,19)(H2,16,17,20). The van der Waals surface area contributed by atoms with Gasteiger partial charge in [0.1, 0.15) is 0 Å². The van der Waals surface area contributed by atoms with Gasteiger partial charge in [0, 0.05) is 13.1 Å². The Bertz CT molecular complexity index is 325. The van der Waals surface area contributed by atoms with E-state index in [1.54, 1.807) is 13.8 Å². The number of aliphatic carboxylic acids is 1. The fourth-order valence-electron chi connectivity index (χ4n) is 1.70. The lowest BCUT2D eigenvalue weighted by molar-refractivity contribution is -0.146. The van der Waals surface area contributed by atoms with Gasteiger partial charge in [-0.25, -0.2) is 4.79 Å². The predicted octanol–water partition coefficient (Wildman–Crippen LogP) is 3.00. The first kappa shape index (κ1) is 18.7. The maximum Gasteiger partial charge on any atom is 0.314 e. The molecule has 0 unspecified atom stereocenters. The highest BCUT2D eigenvalue weighted by Crippen LogP contribution is 2.22. The van der Waals surface area contributed by atoms with Gasteiger partial charge >= 0.3 is 12.0 Å². The molecule has 0 aliphatic heterocycles. The summed E-state index contributed by atoms with van der Waals surface area (Å²) in [5.41, 5.74) is -0.886. The maximum absolute atomic E-state index is 11.7. The van der Waals surface area contributed by atoms with Crippen molar-refractivity contribution in [2.45, 2.75) is 60.3 Å². The number of carbonyl (C=O) groups excluding carboxylic acids is 1. The zero-order valence-corrected chi connectivity index (χ0v) is 13.5. The van der Waals surface area contributed by atoms with E-state index >= 15 is 0 Å². The molecule has 0 aliphatic carbocycles. The van der Waals surface area contributed by atoms with Crippen LogP contribution in [0.1, 0.15) is 60.3 Å². The lowest BCUT2D eigenvalue weighted by Gasteiger charge is -2.26. The summed E-state index contributed by atoms with van der Waals surface area (Å²) in [5.74, 6) is -0.919. The highest BCUT2D eigenvalue weighted by molar-refractivity contribution is 5.77. The Kier molecular flexibility index (Phi) is 7.61. The van der Waals surface area contributed by atoms with E-state index in [1.165, 1.54) is 19.3 Å². The van der Waals surface area contributed by atoms with Crippen LogP contribution in [0.4, 0.5) is 4.79 Å². The van der Waals surface area contributed by atoms with Crippen molar-refractivity contribution in [3.63, 3.8) is 0 Å². The predicted molar refractivity (Wildman–Crippen MR) is 80.7 cm³/mol. The summed E-state index contributed by atoms with van der Waals surface area (Å²) in [4.78, 5) is 22.6. The van der Waals surface area contributed by atoms with Crippen molar-refractivity contribution in [3.05, 3.63) is 0 Å². The molecule has 0 fully saturated rings. The van der Waals surface area contributed by atoms with Gasteiger partial charge in [0.15, 0.2) is 0 Å². The second-order valence-electron chi connectivity index (χ2n) is 6.85. The first-order valence-electron chi connectivity index (χ1n) is 7.36. The summed E-state index contributed by atoms with van der Waals surface area (Å²) in [7, 11) is 0. The molecule has 0 atom stereocenters. The molecular weight excluding hydrogens is 256 g/mol. The van der Waals surface area contributed by atoms with Gasteiger partial charge in [-0.2, -0.15) is 0 Å². The molecule has 5 heteroatoms. The van der Waals surface area contributed by atoms with Gasteiger partial charge < -0.3 is 15.7 Å². The van der Waals surface area contributed by atoms with Crippen LogP contribution in [0.3, 0.4) is 0 Å². The monoisotopic (exact) mass is 286 g/mol. The maximum atomic E-state index is 11.7. The van der Waals surface area contributed by atoms with Crippen molar-refractivity contribution in [3.8, 4) is 0 Å². The smallest absolute Gasteiger partial charge is 0.314 e. The zero-order valence-electron chi connectivity index (χ0n) is 13.5. The van der Waals surface area contributed by atoms with E-state index in [1.807, 2.05) is 0 Å². The van der Waals surface area contributed by atoms with E-state index in [2.05, 4.69) is 31.4 Å². The minimum atomic E-state index is -0.950. The Morgan fingerprint density at radius 3 is 2.05 bits per heavy atom. The van der Waals surface area contributed by atoms with Gasteiger partial charge in [0.05, 0.1) is 5.41 Å². The highest BCUT2D eigenvalue weighted by Gasteiger charge is 2.27. The number of hydrogen-bond donors (Lipinski definition) is 3. The Morgan fingerprint density at radius 1 is 1.00 bits per heavy atom. The van der Waals surface area contributed by atoms with Crippen LogP contribution in [0.5, 0.6) is 0 Å². The van der Waals surface area contributed by atoms with Crippen LogP contribution in [-0.4, -0.2) is 30.2 Å². The number of urea groups is 1. The number of unbranched alkanes of at least 4 members (excludes halogenated alkanes) is 2. The normalized spacial score (nSPS) is 12.1. The molecule has 0 radical (unpaired) electrons. The van der Waals surface area contributed by atoms with E-state index in [-0.39, 0.29) is 18.0 Å². The Hall–Kier alpha value is -1.26. The summed E-state index contributed by atoms with van der Waals surface area (Å²) in [6.07, 6.45) is 4.64. The van der Waals surface area contributed by atoms with Crippen LogP contribution in [0.25, 0.3) is 0 Å². The van der Waals surface area contributed by atoms with E-state index in [0.29, 0.717) is 6.54 Å². The quantitative estimate of drug-likeness (QED) is 0.570. The second kappa shape index (κ2) is 8.12. The first-order chi connectivity index (χ1) is 9.10. The summed E-state index contributed by atoms with van der Waals surface area (Å²) >= 11 is 0. The van der Waals surface area contributed by atoms with Gasteiger partial charge in [-0.1, -0.05) is 40.0 Å². The average molecular weight is 286 g/mol. The number of hydrogen-bond acceptors (Lipinski definition) is 2. The van der Waals surface area contributed by atoms with Crippen molar-refractivity contribution >= 4 is 12.0 Å². The van der Waals surface area contributed by atoms with Crippen LogP contribution < -0.4 is 10.6 Å². The molecule has 0 heterocycles. The molecule has 0 bridgehead atoms. The molecule has 20 heavy (non-hydrogen) atoms. The Labute approximate surface area is 122 Å². The minimum Gasteiger partial charge on any atom is -0.481 e. The van der Waals surface area contributed by atoms with E-state index in [0.717, 1.165) is 6.42 Å². The zero-order chi connectivity index (χ0) is 15.8. The van der Waals surface area contributed by atoms with Crippen molar-refractivity contribution in [2.24, 2.45) is 10.8 Å². The number of amides is 2. The number of carboxylic acid groups (broad SMARTS) is 1. The second-order valence-corrected chi connectivity index (χ2v) is 6.85. The fraction of sp³-hybridized carbons (Fsp3) is 0.867. The van der Waals surface area contributed by atoms with Gasteiger partial charge in [-0.05, 0) is 25.7 Å². The van der Waals surface area contributed by atoms with Crippen molar-refractivity contribution in [1.82, 2.24) is 10.6 Å². The lowest BCUT2D eigenvalue weighted by atomic mass is 9.87. The number of carboxylic acids is 1. The average Bonchev–Trinajstić information content (AvgIpc) is 2.34. The number of rotatable bonds is 9. The van der Waals surface area contributed by atoms with Crippen LogP contribution in [0, 0.1) is 10.8 Å². The summed E-state index contributed by atoms with van der Waals surface area (Å²) in [6, 6.07) is -0.303. The summed E-state index contributed by atoms with van der Waals surface area (Å²) < 4.78 is 0. The number of carbonyl (C=O) groups is 2. The van der Waals surface area contributed by atoms with E-state index in [4.69, 9.17) is 5.11 Å². The van der Waals surface area contributed by atoms with Crippen LogP contribution in [0.2, 0.25) is 0 Å². The molecule has 118 valence electrons. The third kappa shape index (κ3) is 8.02. The SMILES string of the molecule is CCCCCC(C)(C)CNC(=O)NCC(C)(C)C(=O)O. The molecule has 0 rings (SSSR count). The molecular formula is C15H30N2O3. The van der Waals surface area contributed by atoms with Gasteiger partial charge in [-0.15, -0.1) is 0 Å². The van der Waals surface area contributed by atoms with E-state index < -0.39 is 11.4 Å².